The van der Waals surface area contributed by atoms with E-state index in [1.165, 1.54) is 77.0 Å². The van der Waals surface area contributed by atoms with Gasteiger partial charge in [-0.3, -0.25) is 0 Å². The van der Waals surface area contributed by atoms with E-state index in [-0.39, 0.29) is 30.3 Å². The Hall–Kier alpha value is -3.37. The van der Waals surface area contributed by atoms with Crippen LogP contribution in [-0.4, -0.2) is 44.2 Å². The normalized spacial score (nSPS) is 17.5. The van der Waals surface area contributed by atoms with Gasteiger partial charge in [-0.25, -0.2) is 13.1 Å². The second-order valence-electron chi connectivity index (χ2n) is 15.1. The summed E-state index contributed by atoms with van der Waals surface area (Å²) in [7, 11) is -3.61. The fourth-order valence-corrected chi connectivity index (χ4v) is 8.44. The molecule has 4 aromatic rings. The first-order valence-corrected chi connectivity index (χ1v) is 22.3. The lowest BCUT2D eigenvalue weighted by molar-refractivity contribution is -0.253. The number of nitrogens with zero attached hydrogens (tertiary/aromatic N) is 1. The number of nitrogens with one attached hydrogen (secondary N) is 1. The first-order valence-electron chi connectivity index (χ1n) is 20.9. The van der Waals surface area contributed by atoms with Crippen molar-refractivity contribution in [3.63, 3.8) is 0 Å². The number of aliphatic hydroxyl groups is 1. The van der Waals surface area contributed by atoms with E-state index in [2.05, 4.69) is 59.9 Å². The summed E-state index contributed by atoms with van der Waals surface area (Å²) < 4.78 is 41.9. The molecule has 0 unspecified atom stereocenters. The fourth-order valence-electron chi connectivity index (χ4n) is 7.40. The molecule has 1 saturated heterocycles. The smallest absolute Gasteiger partial charge is 0.240 e. The van der Waals surface area contributed by atoms with E-state index in [0.29, 0.717) is 0 Å². The lowest BCUT2D eigenvalue weighted by Gasteiger charge is -2.38. The highest BCUT2D eigenvalue weighted by atomic mass is 32.2. The van der Waals surface area contributed by atoms with Crippen LogP contribution in [0.2, 0.25) is 0 Å². The molecule has 4 aromatic carbocycles. The Morgan fingerprint density at radius 3 is 1.91 bits per heavy atom. The maximum Gasteiger partial charge on any atom is 0.240 e. The van der Waals surface area contributed by atoms with Crippen LogP contribution in [0.25, 0.3) is 11.1 Å². The van der Waals surface area contributed by atoms with E-state index in [9.17, 15) is 13.5 Å². The molecule has 0 aliphatic carbocycles. The lowest BCUT2D eigenvalue weighted by atomic mass is 9.98. The zero-order valence-corrected chi connectivity index (χ0v) is 34.0. The first kappa shape index (κ1) is 42.8. The summed E-state index contributed by atoms with van der Waals surface area (Å²) in [5.41, 5.74) is 5.88. The molecule has 298 valence electrons. The van der Waals surface area contributed by atoms with Crippen LogP contribution in [0.3, 0.4) is 0 Å². The van der Waals surface area contributed by atoms with Crippen molar-refractivity contribution < 1.29 is 23.0 Å². The third kappa shape index (κ3) is 14.0. The number of benzene rings is 4. The number of hydrogen-bond acceptors (Lipinski definition) is 6. The largest absolute Gasteiger partial charge is 0.392 e. The molecule has 2 N–H and O–H groups in total. The molecule has 1 aliphatic rings. The summed E-state index contributed by atoms with van der Waals surface area (Å²) in [6, 6.07) is 32.9. The zero-order chi connectivity index (χ0) is 38.7. The van der Waals surface area contributed by atoms with Gasteiger partial charge in [-0.2, -0.15) is 0 Å². The van der Waals surface area contributed by atoms with E-state index in [1.807, 2.05) is 36.4 Å². The van der Waals surface area contributed by atoms with Gasteiger partial charge in [-0.05, 0) is 71.9 Å². The molecule has 3 atom stereocenters. The number of unbranched alkanes of at least 4 members (excludes halogenated alkanes) is 10. The minimum atomic E-state index is -3.61. The average Bonchev–Trinajstić information content (AvgIpc) is 3.23. The molecule has 0 bridgehead atoms. The quantitative estimate of drug-likeness (QED) is 0.0690. The van der Waals surface area contributed by atoms with E-state index in [0.717, 1.165) is 59.4 Å². The van der Waals surface area contributed by atoms with Crippen LogP contribution in [0.5, 0.6) is 0 Å². The third-order valence-corrected chi connectivity index (χ3v) is 12.1. The number of hydrogen-bond donors (Lipinski definition) is 2. The van der Waals surface area contributed by atoms with Crippen molar-refractivity contribution in [1.29, 1.82) is 0 Å². The Bertz CT molecular complexity index is 1750. The predicted octanol–water partition coefficient (Wildman–Crippen LogP) is 10.9. The number of sulfonamides is 1. The molecule has 5 rings (SSSR count). The molecule has 0 spiro atoms. The van der Waals surface area contributed by atoms with Crippen LogP contribution in [-0.2, 0) is 32.6 Å². The van der Waals surface area contributed by atoms with Crippen molar-refractivity contribution in [2.24, 2.45) is 0 Å². The van der Waals surface area contributed by atoms with Crippen molar-refractivity contribution in [2.75, 3.05) is 19.6 Å². The van der Waals surface area contributed by atoms with Crippen molar-refractivity contribution in [1.82, 2.24) is 9.62 Å². The fraction of sp³-hybridized carbons (Fsp3) is 0.489. The number of ether oxygens (including phenoxy) is 2. The van der Waals surface area contributed by atoms with Gasteiger partial charge in [0.1, 0.15) is 0 Å². The second-order valence-corrected chi connectivity index (χ2v) is 16.9. The van der Waals surface area contributed by atoms with Crippen LogP contribution in [0.1, 0.15) is 132 Å². The van der Waals surface area contributed by atoms with Crippen molar-refractivity contribution in [2.45, 2.75) is 134 Å². The van der Waals surface area contributed by atoms with Crippen LogP contribution in [0.4, 0.5) is 0 Å². The van der Waals surface area contributed by atoms with E-state index >= 15 is 0 Å². The van der Waals surface area contributed by atoms with Gasteiger partial charge >= 0.3 is 0 Å². The maximum absolute atomic E-state index is 12.8. The van der Waals surface area contributed by atoms with Gasteiger partial charge < -0.3 is 19.5 Å². The third-order valence-electron chi connectivity index (χ3n) is 10.7. The van der Waals surface area contributed by atoms with Crippen molar-refractivity contribution in [3.05, 3.63) is 125 Å². The molecule has 0 radical (unpaired) electrons. The van der Waals surface area contributed by atoms with Gasteiger partial charge in [0.2, 0.25) is 10.0 Å². The molecule has 0 saturated carbocycles. The Balaban J connectivity index is 1.28. The van der Waals surface area contributed by atoms with Crippen LogP contribution in [0, 0.1) is 0 Å². The molecule has 1 heterocycles. The summed E-state index contributed by atoms with van der Waals surface area (Å²) >= 11 is 0. The average molecular weight is 769 g/mol. The monoisotopic (exact) mass is 768 g/mol. The minimum absolute atomic E-state index is 0.0116. The summed E-state index contributed by atoms with van der Waals surface area (Å²) in [6.07, 6.45) is 15.6. The molecular weight excluding hydrogens is 705 g/mol. The van der Waals surface area contributed by atoms with Gasteiger partial charge in [0.15, 0.2) is 6.29 Å². The molecular formula is C47H64N2O5S. The van der Waals surface area contributed by atoms with Gasteiger partial charge in [-0.1, -0.05) is 163 Å². The summed E-state index contributed by atoms with van der Waals surface area (Å²) in [4.78, 5) is 2.90. The summed E-state index contributed by atoms with van der Waals surface area (Å²) in [5, 5.41) is 9.67. The standard InChI is InChI=1S/C47H64N2O5S/c1-3-5-7-9-11-16-31-49(32-17-12-10-8-6-4-2)36-44-34-46(41-25-23-38(37-50)24-26-41)54-47(53-44)42-29-27-40(28-30-42)43-20-18-19-39(33-43)35-48-55(51,52)45-21-14-13-15-22-45/h13-15,18-30,33,44,46-48,50H,3-12,16-17,31-32,34-37H2,1-2H3/t44-,46+,47+/m1/s1. The van der Waals surface area contributed by atoms with E-state index in [4.69, 9.17) is 9.47 Å². The van der Waals surface area contributed by atoms with Crippen molar-refractivity contribution >= 4 is 10.0 Å². The van der Waals surface area contributed by atoms with E-state index < -0.39 is 16.3 Å². The Kier molecular flexibility index (Phi) is 17.9. The minimum Gasteiger partial charge on any atom is -0.392 e. The van der Waals surface area contributed by atoms with Gasteiger partial charge in [0.25, 0.3) is 0 Å². The molecule has 8 heteroatoms. The predicted molar refractivity (Wildman–Crippen MR) is 224 cm³/mol. The summed E-state index contributed by atoms with van der Waals surface area (Å²) in [6.45, 7) is 7.85. The van der Waals surface area contributed by atoms with E-state index in [1.54, 1.807) is 30.3 Å². The first-order chi connectivity index (χ1) is 26.9. The van der Waals surface area contributed by atoms with Gasteiger partial charge in [-0.15, -0.1) is 0 Å². The lowest BCUT2D eigenvalue weighted by Crippen LogP contribution is -2.40. The highest BCUT2D eigenvalue weighted by Crippen LogP contribution is 2.39. The SMILES string of the molecule is CCCCCCCCN(CCCCCCCC)C[C@H]1C[C@@H](c2ccc(CO)cc2)O[C@@H](c2ccc(-c3cccc(CNS(=O)(=O)c4ccccc4)c3)cc2)O1. The Morgan fingerprint density at radius 2 is 1.27 bits per heavy atom. The Morgan fingerprint density at radius 1 is 0.655 bits per heavy atom. The molecule has 1 aliphatic heterocycles. The number of rotatable bonds is 24. The van der Waals surface area contributed by atoms with Gasteiger partial charge in [0.05, 0.1) is 23.7 Å². The second kappa shape index (κ2) is 23.0. The highest BCUT2D eigenvalue weighted by molar-refractivity contribution is 7.89. The molecule has 0 amide bonds. The molecule has 0 aromatic heterocycles. The molecule has 7 nitrogen and oxygen atoms in total. The summed E-state index contributed by atoms with van der Waals surface area (Å²) in [5.74, 6) is 0. The van der Waals surface area contributed by atoms with Crippen LogP contribution in [0.15, 0.2) is 108 Å². The molecule has 1 fully saturated rings. The van der Waals surface area contributed by atoms with Gasteiger partial charge in [0, 0.05) is 25.1 Å². The van der Waals surface area contributed by atoms with Crippen molar-refractivity contribution in [3.8, 4) is 11.1 Å². The highest BCUT2D eigenvalue weighted by Gasteiger charge is 2.33. The topological polar surface area (TPSA) is 88.1 Å². The maximum atomic E-state index is 12.8. The molecule has 55 heavy (non-hydrogen) atoms. The van der Waals surface area contributed by atoms with Crippen LogP contribution < -0.4 is 4.72 Å². The van der Waals surface area contributed by atoms with Crippen LogP contribution >= 0.6 is 0 Å². The number of aliphatic hydroxyl groups excluding tert-OH is 1. The zero-order valence-electron chi connectivity index (χ0n) is 33.2. The Labute approximate surface area is 331 Å².